The van der Waals surface area contributed by atoms with Crippen molar-refractivity contribution in [2.45, 2.75) is 38.7 Å². The minimum absolute atomic E-state index is 0.194. The van der Waals surface area contributed by atoms with E-state index in [1.807, 2.05) is 13.8 Å². The van der Waals surface area contributed by atoms with Gasteiger partial charge in [0.2, 0.25) is 0 Å². The fourth-order valence-corrected chi connectivity index (χ4v) is 1.70. The van der Waals surface area contributed by atoms with E-state index in [1.165, 1.54) is 6.20 Å². The quantitative estimate of drug-likeness (QED) is 0.842. The summed E-state index contributed by atoms with van der Waals surface area (Å²) in [5.74, 6) is 0.450. The van der Waals surface area contributed by atoms with Crippen molar-refractivity contribution in [1.29, 1.82) is 0 Å². The van der Waals surface area contributed by atoms with E-state index in [0.717, 1.165) is 18.4 Å². The van der Waals surface area contributed by atoms with Gasteiger partial charge in [-0.25, -0.2) is 0 Å². The maximum absolute atomic E-state index is 11.3. The monoisotopic (exact) mass is 220 g/mol. The lowest BCUT2D eigenvalue weighted by Crippen LogP contribution is -2.16. The van der Waals surface area contributed by atoms with E-state index in [-0.39, 0.29) is 5.92 Å². The molecule has 1 aliphatic carbocycles. The Hall–Kier alpha value is -1.58. The normalized spacial score (nSPS) is 15.2. The molecule has 16 heavy (non-hydrogen) atoms. The highest BCUT2D eigenvalue weighted by Crippen LogP contribution is 2.33. The van der Waals surface area contributed by atoms with Gasteiger partial charge in [0.25, 0.3) is 5.91 Å². The van der Waals surface area contributed by atoms with Crippen molar-refractivity contribution in [2.24, 2.45) is 5.73 Å². The number of carbonyl (C=O) groups is 1. The SMILES string of the molecule is CC(C)c1c(OC2CC2)cncc1C(N)=O. The summed E-state index contributed by atoms with van der Waals surface area (Å²) < 4.78 is 5.74. The van der Waals surface area contributed by atoms with E-state index >= 15 is 0 Å². The largest absolute Gasteiger partial charge is 0.488 e. The molecule has 86 valence electrons. The van der Waals surface area contributed by atoms with Gasteiger partial charge in [-0.15, -0.1) is 0 Å². The van der Waals surface area contributed by atoms with Gasteiger partial charge in [-0.3, -0.25) is 9.78 Å². The van der Waals surface area contributed by atoms with Crippen molar-refractivity contribution in [3.05, 3.63) is 23.5 Å². The average Bonchev–Trinajstić information content (AvgIpc) is 3.00. The number of nitrogens with two attached hydrogens (primary N) is 1. The van der Waals surface area contributed by atoms with Crippen LogP contribution in [0.3, 0.4) is 0 Å². The van der Waals surface area contributed by atoms with Gasteiger partial charge in [0, 0.05) is 11.8 Å². The molecule has 4 heteroatoms. The fraction of sp³-hybridized carbons (Fsp3) is 0.500. The van der Waals surface area contributed by atoms with Crippen molar-refractivity contribution in [1.82, 2.24) is 4.98 Å². The maximum atomic E-state index is 11.3. The van der Waals surface area contributed by atoms with E-state index in [0.29, 0.717) is 17.4 Å². The highest BCUT2D eigenvalue weighted by atomic mass is 16.5. The summed E-state index contributed by atoms with van der Waals surface area (Å²) in [6.07, 6.45) is 5.64. The number of hydrogen-bond acceptors (Lipinski definition) is 3. The number of ether oxygens (including phenoxy) is 1. The van der Waals surface area contributed by atoms with Crippen LogP contribution in [0.2, 0.25) is 0 Å². The number of rotatable bonds is 4. The van der Waals surface area contributed by atoms with Gasteiger partial charge < -0.3 is 10.5 Å². The first-order valence-corrected chi connectivity index (χ1v) is 5.54. The molecule has 0 unspecified atom stereocenters. The molecule has 1 heterocycles. The van der Waals surface area contributed by atoms with E-state index in [4.69, 9.17) is 10.5 Å². The lowest BCUT2D eigenvalue weighted by atomic mass is 9.98. The predicted molar refractivity (Wildman–Crippen MR) is 60.5 cm³/mol. The average molecular weight is 220 g/mol. The number of carbonyl (C=O) groups excluding carboxylic acids is 1. The zero-order valence-electron chi connectivity index (χ0n) is 9.56. The van der Waals surface area contributed by atoms with Crippen LogP contribution in [-0.2, 0) is 0 Å². The smallest absolute Gasteiger partial charge is 0.250 e. The van der Waals surface area contributed by atoms with Crippen LogP contribution in [0.4, 0.5) is 0 Å². The first-order chi connectivity index (χ1) is 7.59. The molecule has 4 nitrogen and oxygen atoms in total. The third kappa shape index (κ3) is 2.15. The Labute approximate surface area is 94.8 Å². The van der Waals surface area contributed by atoms with E-state index in [1.54, 1.807) is 6.20 Å². The summed E-state index contributed by atoms with van der Waals surface area (Å²) in [5, 5.41) is 0. The number of aromatic nitrogens is 1. The standard InChI is InChI=1S/C12H16N2O2/c1-7(2)11-9(12(13)15)5-14-6-10(11)16-8-3-4-8/h5-8H,3-4H2,1-2H3,(H2,13,15). The fourth-order valence-electron chi connectivity index (χ4n) is 1.70. The van der Waals surface area contributed by atoms with Crippen LogP contribution in [0.1, 0.15) is 48.5 Å². The first kappa shape index (κ1) is 10.9. The summed E-state index contributed by atoms with van der Waals surface area (Å²) in [5.41, 5.74) is 6.67. The van der Waals surface area contributed by atoms with E-state index in [9.17, 15) is 4.79 Å². The number of pyridine rings is 1. The van der Waals surface area contributed by atoms with Crippen LogP contribution < -0.4 is 10.5 Å². The van der Waals surface area contributed by atoms with Crippen LogP contribution in [0.25, 0.3) is 0 Å². The molecule has 0 atom stereocenters. The summed E-state index contributed by atoms with van der Waals surface area (Å²) in [4.78, 5) is 15.3. The highest BCUT2D eigenvalue weighted by Gasteiger charge is 2.26. The molecule has 0 bridgehead atoms. The summed E-state index contributed by atoms with van der Waals surface area (Å²) in [6.45, 7) is 4.03. The Balaban J connectivity index is 2.41. The molecule has 1 fully saturated rings. The molecule has 1 saturated carbocycles. The number of hydrogen-bond donors (Lipinski definition) is 1. The van der Waals surface area contributed by atoms with Gasteiger partial charge >= 0.3 is 0 Å². The van der Waals surface area contributed by atoms with Crippen LogP contribution >= 0.6 is 0 Å². The number of nitrogens with zero attached hydrogens (tertiary/aromatic N) is 1. The summed E-state index contributed by atoms with van der Waals surface area (Å²) in [7, 11) is 0. The van der Waals surface area contributed by atoms with E-state index in [2.05, 4.69) is 4.98 Å². The Morgan fingerprint density at radius 3 is 2.69 bits per heavy atom. The second kappa shape index (κ2) is 4.12. The molecule has 1 aromatic heterocycles. The van der Waals surface area contributed by atoms with Crippen molar-refractivity contribution in [3.8, 4) is 5.75 Å². The minimum atomic E-state index is -0.447. The Morgan fingerprint density at radius 1 is 1.50 bits per heavy atom. The van der Waals surface area contributed by atoms with Crippen molar-refractivity contribution < 1.29 is 9.53 Å². The lowest BCUT2D eigenvalue weighted by Gasteiger charge is -2.15. The molecule has 2 rings (SSSR count). The van der Waals surface area contributed by atoms with Crippen LogP contribution in [0, 0.1) is 0 Å². The maximum Gasteiger partial charge on any atom is 0.250 e. The lowest BCUT2D eigenvalue weighted by molar-refractivity contribution is 0.0998. The molecule has 1 aliphatic rings. The highest BCUT2D eigenvalue weighted by molar-refractivity contribution is 5.94. The zero-order valence-corrected chi connectivity index (χ0v) is 9.56. The van der Waals surface area contributed by atoms with E-state index < -0.39 is 5.91 Å². The summed E-state index contributed by atoms with van der Waals surface area (Å²) in [6, 6.07) is 0. The van der Waals surface area contributed by atoms with Gasteiger partial charge in [0.1, 0.15) is 5.75 Å². The second-order valence-electron chi connectivity index (χ2n) is 4.44. The van der Waals surface area contributed by atoms with Gasteiger partial charge in [0.15, 0.2) is 0 Å². The molecule has 0 saturated heterocycles. The molecular weight excluding hydrogens is 204 g/mol. The van der Waals surface area contributed by atoms with Crippen LogP contribution in [-0.4, -0.2) is 17.0 Å². The number of primary amides is 1. The summed E-state index contributed by atoms with van der Waals surface area (Å²) >= 11 is 0. The number of amides is 1. The van der Waals surface area contributed by atoms with Crippen molar-refractivity contribution in [3.63, 3.8) is 0 Å². The predicted octanol–water partition coefficient (Wildman–Crippen LogP) is 1.85. The van der Waals surface area contributed by atoms with Crippen molar-refractivity contribution in [2.75, 3.05) is 0 Å². The third-order valence-corrected chi connectivity index (χ3v) is 2.61. The van der Waals surface area contributed by atoms with Gasteiger partial charge in [-0.2, -0.15) is 0 Å². The Morgan fingerprint density at radius 2 is 2.19 bits per heavy atom. The molecule has 1 aromatic rings. The van der Waals surface area contributed by atoms with Gasteiger partial charge in [-0.05, 0) is 18.8 Å². The molecule has 1 amide bonds. The third-order valence-electron chi connectivity index (χ3n) is 2.61. The van der Waals surface area contributed by atoms with Gasteiger partial charge in [0.05, 0.1) is 17.9 Å². The van der Waals surface area contributed by atoms with Gasteiger partial charge in [-0.1, -0.05) is 13.8 Å². The molecule has 0 aliphatic heterocycles. The first-order valence-electron chi connectivity index (χ1n) is 5.54. The Kier molecular flexibility index (Phi) is 2.81. The molecule has 0 radical (unpaired) electrons. The van der Waals surface area contributed by atoms with Crippen LogP contribution in [0.5, 0.6) is 5.75 Å². The van der Waals surface area contributed by atoms with Crippen molar-refractivity contribution >= 4 is 5.91 Å². The molecule has 0 spiro atoms. The molecule has 2 N–H and O–H groups in total. The molecule has 0 aromatic carbocycles. The minimum Gasteiger partial charge on any atom is -0.488 e. The zero-order chi connectivity index (χ0) is 11.7. The second-order valence-corrected chi connectivity index (χ2v) is 4.44. The molecular formula is C12H16N2O2. The Bertz CT molecular complexity index is 411. The topological polar surface area (TPSA) is 65.2 Å². The van der Waals surface area contributed by atoms with Crippen LogP contribution in [0.15, 0.2) is 12.4 Å².